The van der Waals surface area contributed by atoms with E-state index in [4.69, 9.17) is 8.92 Å². The number of rotatable bonds is 5. The normalized spacial score (nSPS) is 20.4. The monoisotopic (exact) mass is 284 g/mol. The minimum absolute atomic E-state index is 0.141. The quantitative estimate of drug-likeness (QED) is 0.780. The fourth-order valence-corrected chi connectivity index (χ4v) is 3.02. The van der Waals surface area contributed by atoms with Gasteiger partial charge in [0, 0.05) is 6.61 Å². The van der Waals surface area contributed by atoms with Gasteiger partial charge in [-0.3, -0.25) is 4.18 Å². The third-order valence-corrected chi connectivity index (χ3v) is 4.59. The van der Waals surface area contributed by atoms with Crippen LogP contribution in [0.1, 0.15) is 31.2 Å². The van der Waals surface area contributed by atoms with Gasteiger partial charge >= 0.3 is 0 Å². The standard InChI is InChI=1S/C14H20O4S/c1-12-5-7-14(8-6-12)19(15,16)18-11-9-13-4-2-3-10-17-13/h5-8,13H,2-4,9-11H2,1H3/t13-/m0/s1. The Balaban J connectivity index is 1.85. The summed E-state index contributed by atoms with van der Waals surface area (Å²) >= 11 is 0. The van der Waals surface area contributed by atoms with E-state index in [-0.39, 0.29) is 17.6 Å². The van der Waals surface area contributed by atoms with E-state index in [2.05, 4.69) is 0 Å². The lowest BCUT2D eigenvalue weighted by molar-refractivity contribution is 0.00451. The molecule has 106 valence electrons. The molecule has 0 unspecified atom stereocenters. The summed E-state index contributed by atoms with van der Waals surface area (Å²) in [7, 11) is -3.63. The second-order valence-electron chi connectivity index (χ2n) is 4.87. The molecule has 0 N–H and O–H groups in total. The molecular formula is C14H20O4S. The molecule has 5 heteroatoms. The van der Waals surface area contributed by atoms with Gasteiger partial charge in [0.1, 0.15) is 0 Å². The molecular weight excluding hydrogens is 264 g/mol. The van der Waals surface area contributed by atoms with E-state index in [1.165, 1.54) is 0 Å². The van der Waals surface area contributed by atoms with Crippen LogP contribution in [-0.4, -0.2) is 27.7 Å². The van der Waals surface area contributed by atoms with Crippen molar-refractivity contribution in [3.8, 4) is 0 Å². The lowest BCUT2D eigenvalue weighted by Gasteiger charge is -2.22. The van der Waals surface area contributed by atoms with Gasteiger partial charge in [0.05, 0.1) is 17.6 Å². The average molecular weight is 284 g/mol. The smallest absolute Gasteiger partial charge is 0.296 e. The second-order valence-corrected chi connectivity index (χ2v) is 6.48. The molecule has 19 heavy (non-hydrogen) atoms. The van der Waals surface area contributed by atoms with Crippen LogP contribution in [0.3, 0.4) is 0 Å². The Morgan fingerprint density at radius 1 is 1.26 bits per heavy atom. The zero-order valence-corrected chi connectivity index (χ0v) is 12.0. The number of ether oxygens (including phenoxy) is 1. The molecule has 1 aliphatic heterocycles. The van der Waals surface area contributed by atoms with Crippen molar-refractivity contribution in [1.29, 1.82) is 0 Å². The maximum absolute atomic E-state index is 11.9. The zero-order valence-electron chi connectivity index (χ0n) is 11.2. The molecule has 1 fully saturated rings. The highest BCUT2D eigenvalue weighted by molar-refractivity contribution is 7.86. The largest absolute Gasteiger partial charge is 0.378 e. The third kappa shape index (κ3) is 4.30. The van der Waals surface area contributed by atoms with Gasteiger partial charge in [0.15, 0.2) is 0 Å². The Kier molecular flexibility index (Phi) is 4.96. The van der Waals surface area contributed by atoms with E-state index in [1.54, 1.807) is 24.3 Å². The van der Waals surface area contributed by atoms with Crippen LogP contribution < -0.4 is 0 Å². The molecule has 0 amide bonds. The van der Waals surface area contributed by atoms with Crippen LogP contribution in [0, 0.1) is 6.92 Å². The summed E-state index contributed by atoms with van der Waals surface area (Å²) in [5, 5.41) is 0. The highest BCUT2D eigenvalue weighted by Gasteiger charge is 2.18. The second kappa shape index (κ2) is 6.50. The van der Waals surface area contributed by atoms with E-state index in [9.17, 15) is 8.42 Å². The molecule has 0 aromatic heterocycles. The third-order valence-electron chi connectivity index (χ3n) is 3.26. The predicted molar refractivity (Wildman–Crippen MR) is 72.5 cm³/mol. The molecule has 1 heterocycles. The van der Waals surface area contributed by atoms with E-state index in [0.717, 1.165) is 31.4 Å². The van der Waals surface area contributed by atoms with Crippen molar-refractivity contribution in [2.45, 2.75) is 43.6 Å². The first-order chi connectivity index (χ1) is 9.08. The van der Waals surface area contributed by atoms with Gasteiger partial charge < -0.3 is 4.74 Å². The first-order valence-corrected chi connectivity index (χ1v) is 8.06. The fraction of sp³-hybridized carbons (Fsp3) is 0.571. The van der Waals surface area contributed by atoms with Crippen LogP contribution in [0.25, 0.3) is 0 Å². The number of benzene rings is 1. The first-order valence-electron chi connectivity index (χ1n) is 6.66. The summed E-state index contributed by atoms with van der Waals surface area (Å²) in [6.07, 6.45) is 4.01. The van der Waals surface area contributed by atoms with Crippen LogP contribution in [0.4, 0.5) is 0 Å². The summed E-state index contributed by atoms with van der Waals surface area (Å²) in [6, 6.07) is 6.67. The first kappa shape index (κ1) is 14.5. The molecule has 1 saturated heterocycles. The molecule has 0 bridgehead atoms. The molecule has 4 nitrogen and oxygen atoms in total. The summed E-state index contributed by atoms with van der Waals surface area (Å²) in [4.78, 5) is 0.211. The highest BCUT2D eigenvalue weighted by Crippen LogP contribution is 2.18. The summed E-state index contributed by atoms with van der Waals surface area (Å²) in [5.74, 6) is 0. The molecule has 1 aromatic rings. The zero-order chi connectivity index (χ0) is 13.7. The predicted octanol–water partition coefficient (Wildman–Crippen LogP) is 2.66. The van der Waals surface area contributed by atoms with Crippen molar-refractivity contribution in [2.75, 3.05) is 13.2 Å². The fourth-order valence-electron chi connectivity index (χ4n) is 2.10. The van der Waals surface area contributed by atoms with Crippen LogP contribution in [-0.2, 0) is 19.0 Å². The highest BCUT2D eigenvalue weighted by atomic mass is 32.2. The van der Waals surface area contributed by atoms with Crippen molar-refractivity contribution >= 4 is 10.1 Å². The lowest BCUT2D eigenvalue weighted by Crippen LogP contribution is -2.21. The maximum atomic E-state index is 11.9. The minimum atomic E-state index is -3.63. The van der Waals surface area contributed by atoms with Gasteiger partial charge in [0.25, 0.3) is 10.1 Å². The minimum Gasteiger partial charge on any atom is -0.378 e. The van der Waals surface area contributed by atoms with Gasteiger partial charge in [-0.1, -0.05) is 17.7 Å². The van der Waals surface area contributed by atoms with Crippen molar-refractivity contribution in [3.05, 3.63) is 29.8 Å². The van der Waals surface area contributed by atoms with Crippen LogP contribution in [0.15, 0.2) is 29.2 Å². The van der Waals surface area contributed by atoms with Gasteiger partial charge in [0.2, 0.25) is 0 Å². The summed E-state index contributed by atoms with van der Waals surface area (Å²) in [5.41, 5.74) is 1.02. The number of aryl methyl sites for hydroxylation is 1. The van der Waals surface area contributed by atoms with Crippen LogP contribution >= 0.6 is 0 Å². The molecule has 0 aliphatic carbocycles. The van der Waals surface area contributed by atoms with E-state index in [1.807, 2.05) is 6.92 Å². The van der Waals surface area contributed by atoms with Crippen molar-refractivity contribution in [3.63, 3.8) is 0 Å². The Hall–Kier alpha value is -0.910. The maximum Gasteiger partial charge on any atom is 0.296 e. The Bertz CT molecular complexity index is 487. The van der Waals surface area contributed by atoms with Crippen molar-refractivity contribution in [2.24, 2.45) is 0 Å². The average Bonchev–Trinajstić information content (AvgIpc) is 2.40. The topological polar surface area (TPSA) is 52.6 Å². The van der Waals surface area contributed by atoms with E-state index in [0.29, 0.717) is 6.42 Å². The van der Waals surface area contributed by atoms with Gasteiger partial charge in [-0.25, -0.2) is 0 Å². The number of hydrogen-bond acceptors (Lipinski definition) is 4. The SMILES string of the molecule is Cc1ccc(S(=O)(=O)OCC[C@@H]2CCCCO2)cc1. The van der Waals surface area contributed by atoms with Crippen LogP contribution in [0.2, 0.25) is 0 Å². The van der Waals surface area contributed by atoms with Gasteiger partial charge in [-0.05, 0) is 44.7 Å². The van der Waals surface area contributed by atoms with Crippen molar-refractivity contribution < 1.29 is 17.3 Å². The van der Waals surface area contributed by atoms with E-state index >= 15 is 0 Å². The molecule has 1 aliphatic rings. The Morgan fingerprint density at radius 2 is 2.00 bits per heavy atom. The Morgan fingerprint density at radius 3 is 2.63 bits per heavy atom. The van der Waals surface area contributed by atoms with Gasteiger partial charge in [-0.15, -0.1) is 0 Å². The van der Waals surface area contributed by atoms with Gasteiger partial charge in [-0.2, -0.15) is 8.42 Å². The lowest BCUT2D eigenvalue weighted by atomic mass is 10.1. The van der Waals surface area contributed by atoms with Crippen molar-refractivity contribution in [1.82, 2.24) is 0 Å². The van der Waals surface area contributed by atoms with E-state index < -0.39 is 10.1 Å². The molecule has 0 saturated carbocycles. The number of hydrogen-bond donors (Lipinski definition) is 0. The molecule has 0 spiro atoms. The molecule has 2 rings (SSSR count). The molecule has 0 radical (unpaired) electrons. The molecule has 1 atom stereocenters. The summed E-state index contributed by atoms with van der Waals surface area (Å²) in [6.45, 7) is 2.87. The van der Waals surface area contributed by atoms with Crippen LogP contribution in [0.5, 0.6) is 0 Å². The summed E-state index contributed by atoms with van der Waals surface area (Å²) < 4.78 is 34.4. The molecule has 1 aromatic carbocycles. The Labute approximate surface area is 114 Å².